The summed E-state index contributed by atoms with van der Waals surface area (Å²) in [6.07, 6.45) is 1.35. The number of nitrogens with zero attached hydrogens (tertiary/aromatic N) is 1. The van der Waals surface area contributed by atoms with Crippen LogP contribution in [0.4, 0.5) is 0 Å². The highest BCUT2D eigenvalue weighted by Gasteiger charge is 2.27. The van der Waals surface area contributed by atoms with Gasteiger partial charge < -0.3 is 15.4 Å². The number of hydrogen-bond donors (Lipinski definition) is 3. The van der Waals surface area contributed by atoms with Gasteiger partial charge in [0.15, 0.2) is 5.69 Å². The van der Waals surface area contributed by atoms with E-state index < -0.39 is 12.0 Å². The molecule has 1 aliphatic rings. The van der Waals surface area contributed by atoms with Crippen molar-refractivity contribution in [1.82, 2.24) is 20.8 Å². The lowest BCUT2D eigenvalue weighted by molar-refractivity contribution is -0.143. The van der Waals surface area contributed by atoms with Crippen LogP contribution in [-0.4, -0.2) is 41.8 Å². The second-order valence-corrected chi connectivity index (χ2v) is 5.63. The van der Waals surface area contributed by atoms with E-state index in [4.69, 9.17) is 4.74 Å². The Morgan fingerprint density at radius 1 is 1.43 bits per heavy atom. The van der Waals surface area contributed by atoms with Crippen LogP contribution in [0.2, 0.25) is 0 Å². The highest BCUT2D eigenvalue weighted by molar-refractivity contribution is 5.96. The van der Waals surface area contributed by atoms with Gasteiger partial charge in [-0.3, -0.25) is 9.89 Å². The molecule has 116 valence electrons. The highest BCUT2D eigenvalue weighted by Crippen LogP contribution is 2.16. The molecule has 0 aliphatic carbocycles. The van der Waals surface area contributed by atoms with E-state index in [1.165, 1.54) is 7.11 Å². The van der Waals surface area contributed by atoms with E-state index in [1.807, 2.05) is 13.8 Å². The largest absolute Gasteiger partial charge is 0.467 e. The number of rotatable bonds is 5. The molecule has 1 atom stereocenters. The molecule has 2 heterocycles. The van der Waals surface area contributed by atoms with Gasteiger partial charge in [0.25, 0.3) is 5.91 Å². The van der Waals surface area contributed by atoms with Gasteiger partial charge in [-0.2, -0.15) is 5.10 Å². The Morgan fingerprint density at radius 3 is 2.86 bits per heavy atom. The Morgan fingerprint density at radius 2 is 2.19 bits per heavy atom. The van der Waals surface area contributed by atoms with E-state index in [0.717, 1.165) is 24.2 Å². The zero-order valence-corrected chi connectivity index (χ0v) is 12.7. The average molecular weight is 294 g/mol. The maximum absolute atomic E-state index is 12.4. The van der Waals surface area contributed by atoms with Crippen LogP contribution in [0.15, 0.2) is 0 Å². The molecular weight excluding hydrogens is 272 g/mol. The van der Waals surface area contributed by atoms with Crippen molar-refractivity contribution in [1.29, 1.82) is 0 Å². The van der Waals surface area contributed by atoms with Gasteiger partial charge in [0.1, 0.15) is 6.04 Å². The van der Waals surface area contributed by atoms with Crippen LogP contribution in [0.3, 0.4) is 0 Å². The van der Waals surface area contributed by atoms with Crippen molar-refractivity contribution < 1.29 is 14.3 Å². The van der Waals surface area contributed by atoms with E-state index in [9.17, 15) is 9.59 Å². The Bertz CT molecular complexity index is 524. The number of esters is 1. The van der Waals surface area contributed by atoms with Crippen LogP contribution in [0.1, 0.15) is 42.0 Å². The van der Waals surface area contributed by atoms with Crippen molar-refractivity contribution in [2.24, 2.45) is 5.92 Å². The number of amides is 1. The number of ether oxygens (including phenoxy) is 1. The fraction of sp³-hybridized carbons (Fsp3) is 0.643. The number of carbonyl (C=O) groups excluding carboxylic acids is 2. The van der Waals surface area contributed by atoms with Crippen LogP contribution in [0.25, 0.3) is 0 Å². The summed E-state index contributed by atoms with van der Waals surface area (Å²) in [4.78, 5) is 24.1. The topological polar surface area (TPSA) is 96.1 Å². The first-order valence-electron chi connectivity index (χ1n) is 7.18. The Labute approximate surface area is 123 Å². The lowest BCUT2D eigenvalue weighted by Gasteiger charge is -2.18. The predicted octanol–water partition coefficient (Wildman–Crippen LogP) is 0.373. The number of fused-ring (bicyclic) bond motifs is 1. The molecule has 0 saturated heterocycles. The molecule has 1 aliphatic heterocycles. The summed E-state index contributed by atoms with van der Waals surface area (Å²) in [6.45, 7) is 5.46. The van der Waals surface area contributed by atoms with Crippen molar-refractivity contribution in [3.63, 3.8) is 0 Å². The van der Waals surface area contributed by atoms with E-state index in [1.54, 1.807) is 0 Å². The summed E-state index contributed by atoms with van der Waals surface area (Å²) in [5, 5.41) is 12.9. The molecule has 7 heteroatoms. The van der Waals surface area contributed by atoms with E-state index >= 15 is 0 Å². The second kappa shape index (κ2) is 6.71. The fourth-order valence-corrected chi connectivity index (χ4v) is 2.47. The Hall–Kier alpha value is -1.89. The molecule has 0 saturated carbocycles. The zero-order valence-electron chi connectivity index (χ0n) is 12.7. The number of hydrogen-bond acceptors (Lipinski definition) is 5. The molecule has 1 amide bonds. The number of H-pyrrole nitrogens is 1. The summed E-state index contributed by atoms with van der Waals surface area (Å²) >= 11 is 0. The molecule has 1 aromatic heterocycles. The van der Waals surface area contributed by atoms with E-state index in [-0.39, 0.29) is 11.8 Å². The van der Waals surface area contributed by atoms with Gasteiger partial charge in [-0.05, 0) is 12.3 Å². The monoisotopic (exact) mass is 294 g/mol. The first-order chi connectivity index (χ1) is 10.0. The molecule has 2 rings (SSSR count). The first kappa shape index (κ1) is 15.5. The molecule has 1 aromatic rings. The van der Waals surface area contributed by atoms with Gasteiger partial charge in [-0.25, -0.2) is 4.79 Å². The molecule has 0 aromatic carbocycles. The smallest absolute Gasteiger partial charge is 0.328 e. The first-order valence-corrected chi connectivity index (χ1v) is 7.18. The van der Waals surface area contributed by atoms with Gasteiger partial charge in [0, 0.05) is 30.8 Å². The van der Waals surface area contributed by atoms with Gasteiger partial charge in [-0.15, -0.1) is 0 Å². The number of methoxy groups -OCH3 is 1. The standard InChI is InChI=1S/C14H22N4O3/c1-8(2)6-11(14(20)21-3)16-13(19)12-9-7-15-5-4-10(9)17-18-12/h8,11,15H,4-7H2,1-3H3,(H,16,19)(H,17,18). The number of carbonyl (C=O) groups is 2. The minimum Gasteiger partial charge on any atom is -0.467 e. The molecule has 0 bridgehead atoms. The molecular formula is C14H22N4O3. The Balaban J connectivity index is 2.11. The molecule has 0 radical (unpaired) electrons. The molecule has 1 unspecified atom stereocenters. The maximum atomic E-state index is 12.4. The molecule has 0 spiro atoms. The molecule has 3 N–H and O–H groups in total. The van der Waals surface area contributed by atoms with E-state index in [2.05, 4.69) is 20.8 Å². The lowest BCUT2D eigenvalue weighted by atomic mass is 10.0. The fourth-order valence-electron chi connectivity index (χ4n) is 2.47. The second-order valence-electron chi connectivity index (χ2n) is 5.63. The van der Waals surface area contributed by atoms with Gasteiger partial charge in [0.2, 0.25) is 0 Å². The lowest BCUT2D eigenvalue weighted by Crippen LogP contribution is -2.43. The SMILES string of the molecule is COC(=O)C(CC(C)C)NC(=O)c1n[nH]c2c1CNCC2. The quantitative estimate of drug-likeness (QED) is 0.682. The number of aromatic nitrogens is 2. The minimum atomic E-state index is -0.647. The zero-order chi connectivity index (χ0) is 15.4. The summed E-state index contributed by atoms with van der Waals surface area (Å²) < 4.78 is 4.75. The average Bonchev–Trinajstić information content (AvgIpc) is 2.89. The molecule has 7 nitrogen and oxygen atoms in total. The maximum Gasteiger partial charge on any atom is 0.328 e. The van der Waals surface area contributed by atoms with Crippen LogP contribution >= 0.6 is 0 Å². The van der Waals surface area contributed by atoms with Crippen molar-refractivity contribution in [3.05, 3.63) is 17.0 Å². The number of nitrogens with one attached hydrogen (secondary N) is 3. The third kappa shape index (κ3) is 3.60. The van der Waals surface area contributed by atoms with Crippen LogP contribution in [0.5, 0.6) is 0 Å². The molecule has 0 fully saturated rings. The Kier molecular flexibility index (Phi) is 4.95. The predicted molar refractivity (Wildman–Crippen MR) is 76.7 cm³/mol. The summed E-state index contributed by atoms with van der Waals surface area (Å²) in [7, 11) is 1.32. The van der Waals surface area contributed by atoms with E-state index in [0.29, 0.717) is 18.7 Å². The van der Waals surface area contributed by atoms with Crippen LogP contribution in [-0.2, 0) is 22.5 Å². The summed E-state index contributed by atoms with van der Waals surface area (Å²) in [6, 6.07) is -0.647. The summed E-state index contributed by atoms with van der Waals surface area (Å²) in [5.41, 5.74) is 2.22. The normalized spacial score (nSPS) is 15.4. The third-order valence-corrected chi connectivity index (χ3v) is 3.52. The number of aromatic amines is 1. The van der Waals surface area contributed by atoms with Gasteiger partial charge >= 0.3 is 5.97 Å². The minimum absolute atomic E-state index is 0.268. The summed E-state index contributed by atoms with van der Waals surface area (Å²) in [5.74, 6) is -0.504. The van der Waals surface area contributed by atoms with Crippen molar-refractivity contribution in [2.75, 3.05) is 13.7 Å². The molecule has 21 heavy (non-hydrogen) atoms. The van der Waals surface area contributed by atoms with Crippen LogP contribution < -0.4 is 10.6 Å². The van der Waals surface area contributed by atoms with Crippen molar-refractivity contribution in [3.8, 4) is 0 Å². The van der Waals surface area contributed by atoms with Crippen molar-refractivity contribution >= 4 is 11.9 Å². The van der Waals surface area contributed by atoms with Crippen molar-refractivity contribution in [2.45, 2.75) is 39.3 Å². The third-order valence-electron chi connectivity index (χ3n) is 3.52. The van der Waals surface area contributed by atoms with Crippen LogP contribution in [0, 0.1) is 5.92 Å². The van der Waals surface area contributed by atoms with Gasteiger partial charge in [-0.1, -0.05) is 13.8 Å². The highest BCUT2D eigenvalue weighted by atomic mass is 16.5. The van der Waals surface area contributed by atoms with Gasteiger partial charge in [0.05, 0.1) is 7.11 Å².